The maximum atomic E-state index is 5.43. The molecule has 0 spiro atoms. The number of nitrogens with zero attached hydrogens (tertiary/aromatic N) is 4. The van der Waals surface area contributed by atoms with Crippen molar-refractivity contribution in [1.82, 2.24) is 14.6 Å². The molecule has 1 aliphatic rings. The van der Waals surface area contributed by atoms with Crippen LogP contribution in [0.25, 0.3) is 16.9 Å². The van der Waals surface area contributed by atoms with Crippen molar-refractivity contribution >= 4 is 23.0 Å². The van der Waals surface area contributed by atoms with E-state index in [1.807, 2.05) is 16.6 Å². The number of anilines is 3. The predicted octanol–water partition coefficient (Wildman–Crippen LogP) is 4.54. The molecule has 1 saturated heterocycles. The zero-order valence-electron chi connectivity index (χ0n) is 17.1. The van der Waals surface area contributed by atoms with Crippen LogP contribution in [0, 0.1) is 0 Å². The minimum atomic E-state index is 0.590. The van der Waals surface area contributed by atoms with Gasteiger partial charge in [0.2, 0.25) is 5.95 Å². The van der Waals surface area contributed by atoms with Crippen molar-refractivity contribution in [2.45, 2.75) is 13.3 Å². The first-order chi connectivity index (χ1) is 14.8. The Morgan fingerprint density at radius 3 is 2.43 bits per heavy atom. The second kappa shape index (κ2) is 8.16. The van der Waals surface area contributed by atoms with Crippen LogP contribution in [0.2, 0.25) is 0 Å². The quantitative estimate of drug-likeness (QED) is 0.534. The van der Waals surface area contributed by atoms with Crippen LogP contribution >= 0.6 is 0 Å². The summed E-state index contributed by atoms with van der Waals surface area (Å²) < 4.78 is 7.33. The Labute approximate surface area is 176 Å². The van der Waals surface area contributed by atoms with E-state index in [9.17, 15) is 0 Å². The number of fused-ring (bicyclic) bond motifs is 1. The van der Waals surface area contributed by atoms with Gasteiger partial charge in [0.25, 0.3) is 0 Å². The van der Waals surface area contributed by atoms with E-state index >= 15 is 0 Å². The Bertz CT molecular complexity index is 1130. The van der Waals surface area contributed by atoms with Crippen molar-refractivity contribution in [2.75, 3.05) is 36.5 Å². The highest BCUT2D eigenvalue weighted by molar-refractivity contribution is 5.65. The van der Waals surface area contributed by atoms with E-state index in [-0.39, 0.29) is 0 Å². The molecule has 2 aromatic heterocycles. The Morgan fingerprint density at radius 2 is 1.70 bits per heavy atom. The molecule has 1 N–H and O–H groups in total. The van der Waals surface area contributed by atoms with Gasteiger partial charge in [-0.3, -0.25) is 0 Å². The van der Waals surface area contributed by atoms with Gasteiger partial charge in [0.1, 0.15) is 0 Å². The highest BCUT2D eigenvalue weighted by Crippen LogP contribution is 2.24. The summed E-state index contributed by atoms with van der Waals surface area (Å²) in [6, 6.07) is 23.1. The molecule has 3 heterocycles. The van der Waals surface area contributed by atoms with Gasteiger partial charge in [0, 0.05) is 30.0 Å². The zero-order chi connectivity index (χ0) is 20.3. The van der Waals surface area contributed by atoms with Crippen molar-refractivity contribution in [3.63, 3.8) is 0 Å². The molecule has 2 aromatic carbocycles. The largest absolute Gasteiger partial charge is 0.378 e. The summed E-state index contributed by atoms with van der Waals surface area (Å²) in [5.41, 5.74) is 6.48. The van der Waals surface area contributed by atoms with Crippen molar-refractivity contribution in [3.8, 4) is 11.3 Å². The third-order valence-corrected chi connectivity index (χ3v) is 5.52. The number of nitrogens with one attached hydrogen (secondary N) is 1. The molecule has 0 amide bonds. The SMILES string of the molecule is CCc1ccc(-c2cccc3nc(Nc4ccc(N5CCOCC5)cc4)nn23)cc1. The number of aryl methyl sites for hydroxylation is 1. The summed E-state index contributed by atoms with van der Waals surface area (Å²) in [5, 5.41) is 8.04. The van der Waals surface area contributed by atoms with Crippen molar-refractivity contribution in [2.24, 2.45) is 0 Å². The fourth-order valence-corrected chi connectivity index (χ4v) is 3.79. The molecule has 0 radical (unpaired) electrons. The summed E-state index contributed by atoms with van der Waals surface area (Å²) in [6.45, 7) is 5.60. The van der Waals surface area contributed by atoms with Gasteiger partial charge >= 0.3 is 0 Å². The third-order valence-electron chi connectivity index (χ3n) is 5.52. The molecular formula is C24H25N5O. The van der Waals surface area contributed by atoms with Crippen molar-refractivity contribution < 1.29 is 4.74 Å². The summed E-state index contributed by atoms with van der Waals surface area (Å²) >= 11 is 0. The minimum absolute atomic E-state index is 0.590. The molecule has 30 heavy (non-hydrogen) atoms. The summed E-state index contributed by atoms with van der Waals surface area (Å²) in [7, 11) is 0. The molecule has 1 fully saturated rings. The lowest BCUT2D eigenvalue weighted by molar-refractivity contribution is 0.122. The maximum Gasteiger partial charge on any atom is 0.247 e. The van der Waals surface area contributed by atoms with Gasteiger partial charge in [-0.1, -0.05) is 37.3 Å². The normalized spacial score (nSPS) is 14.2. The lowest BCUT2D eigenvalue weighted by Gasteiger charge is -2.28. The topological polar surface area (TPSA) is 54.7 Å². The van der Waals surface area contributed by atoms with Crippen LogP contribution in [0.15, 0.2) is 66.7 Å². The molecule has 0 atom stereocenters. The Kier molecular flexibility index (Phi) is 5.07. The van der Waals surface area contributed by atoms with Crippen LogP contribution in [0.1, 0.15) is 12.5 Å². The molecule has 5 rings (SSSR count). The molecule has 0 aliphatic carbocycles. The lowest BCUT2D eigenvalue weighted by Crippen LogP contribution is -2.36. The van der Waals surface area contributed by atoms with Gasteiger partial charge in [0.15, 0.2) is 5.65 Å². The molecule has 6 heteroatoms. The molecule has 6 nitrogen and oxygen atoms in total. The van der Waals surface area contributed by atoms with E-state index in [1.165, 1.54) is 11.3 Å². The van der Waals surface area contributed by atoms with Gasteiger partial charge < -0.3 is 15.0 Å². The van der Waals surface area contributed by atoms with Gasteiger partial charge in [-0.05, 0) is 48.4 Å². The molecule has 0 bridgehead atoms. The number of aromatic nitrogens is 3. The second-order valence-electron chi connectivity index (χ2n) is 7.44. The summed E-state index contributed by atoms with van der Waals surface area (Å²) in [4.78, 5) is 6.99. The third kappa shape index (κ3) is 3.74. The monoisotopic (exact) mass is 399 g/mol. The molecular weight excluding hydrogens is 374 g/mol. The fraction of sp³-hybridized carbons (Fsp3) is 0.250. The van der Waals surface area contributed by atoms with Crippen LogP contribution in [0.5, 0.6) is 0 Å². The molecule has 0 unspecified atom stereocenters. The van der Waals surface area contributed by atoms with E-state index in [1.54, 1.807) is 0 Å². The molecule has 152 valence electrons. The Balaban J connectivity index is 1.38. The van der Waals surface area contributed by atoms with Gasteiger partial charge in [0.05, 0.1) is 18.9 Å². The van der Waals surface area contributed by atoms with E-state index < -0.39 is 0 Å². The minimum Gasteiger partial charge on any atom is -0.378 e. The number of pyridine rings is 1. The van der Waals surface area contributed by atoms with E-state index in [4.69, 9.17) is 9.84 Å². The average Bonchev–Trinajstić information content (AvgIpc) is 3.23. The molecule has 0 saturated carbocycles. The van der Waals surface area contributed by atoms with Crippen LogP contribution < -0.4 is 10.2 Å². The summed E-state index contributed by atoms with van der Waals surface area (Å²) in [6.07, 6.45) is 1.03. The maximum absolute atomic E-state index is 5.43. The number of benzene rings is 2. The van der Waals surface area contributed by atoms with Crippen LogP contribution in [-0.2, 0) is 11.2 Å². The van der Waals surface area contributed by atoms with E-state index in [0.717, 1.165) is 55.3 Å². The van der Waals surface area contributed by atoms with Gasteiger partial charge in [-0.15, -0.1) is 5.10 Å². The van der Waals surface area contributed by atoms with Gasteiger partial charge in [-0.25, -0.2) is 4.52 Å². The number of morpholine rings is 1. The standard InChI is InChI=1S/C24H25N5O/c1-2-18-6-8-19(9-7-18)22-4-3-5-23-26-24(27-29(22)23)25-20-10-12-21(13-11-20)28-14-16-30-17-15-28/h3-13H,2,14-17H2,1H3,(H,25,27). The highest BCUT2D eigenvalue weighted by Gasteiger charge is 2.12. The van der Waals surface area contributed by atoms with Crippen molar-refractivity contribution in [3.05, 3.63) is 72.3 Å². The number of hydrogen-bond acceptors (Lipinski definition) is 5. The number of hydrogen-bond donors (Lipinski definition) is 1. The van der Waals surface area contributed by atoms with Crippen LogP contribution in [0.3, 0.4) is 0 Å². The van der Waals surface area contributed by atoms with Crippen LogP contribution in [-0.4, -0.2) is 40.9 Å². The number of rotatable bonds is 5. The lowest BCUT2D eigenvalue weighted by atomic mass is 10.1. The Morgan fingerprint density at radius 1 is 0.933 bits per heavy atom. The first-order valence-corrected chi connectivity index (χ1v) is 10.4. The van der Waals surface area contributed by atoms with E-state index in [0.29, 0.717) is 5.95 Å². The Hall–Kier alpha value is -3.38. The highest BCUT2D eigenvalue weighted by atomic mass is 16.5. The van der Waals surface area contributed by atoms with E-state index in [2.05, 4.69) is 76.7 Å². The van der Waals surface area contributed by atoms with Crippen molar-refractivity contribution in [1.29, 1.82) is 0 Å². The first-order valence-electron chi connectivity index (χ1n) is 10.4. The fourth-order valence-electron chi connectivity index (χ4n) is 3.79. The molecule has 1 aliphatic heterocycles. The first kappa shape index (κ1) is 18.6. The average molecular weight is 399 g/mol. The number of ether oxygens (including phenoxy) is 1. The summed E-state index contributed by atoms with van der Waals surface area (Å²) in [5.74, 6) is 0.590. The van der Waals surface area contributed by atoms with Crippen LogP contribution in [0.4, 0.5) is 17.3 Å². The smallest absolute Gasteiger partial charge is 0.247 e. The molecule has 4 aromatic rings. The second-order valence-corrected chi connectivity index (χ2v) is 7.44. The van der Waals surface area contributed by atoms with Gasteiger partial charge in [-0.2, -0.15) is 4.98 Å². The predicted molar refractivity (Wildman–Crippen MR) is 121 cm³/mol. The zero-order valence-corrected chi connectivity index (χ0v) is 17.1.